The van der Waals surface area contributed by atoms with Crippen LogP contribution >= 0.6 is 23.4 Å². The smallest absolute Gasteiger partial charge is 0.133 e. The molecule has 3 aromatic carbocycles. The predicted octanol–water partition coefficient (Wildman–Crippen LogP) is 7.19. The summed E-state index contributed by atoms with van der Waals surface area (Å²) in [6, 6.07) is 24.1. The molecule has 166 valence electrons. The molecule has 0 unspecified atom stereocenters. The van der Waals surface area contributed by atoms with Gasteiger partial charge in [0.05, 0.1) is 5.41 Å². The van der Waals surface area contributed by atoms with Crippen LogP contribution in [0.1, 0.15) is 37.3 Å². The van der Waals surface area contributed by atoms with Gasteiger partial charge in [-0.1, -0.05) is 72.8 Å². The van der Waals surface area contributed by atoms with E-state index in [9.17, 15) is 9.59 Å². The quantitative estimate of drug-likeness (QED) is 0.209. The first kappa shape index (κ1) is 24.1. The molecule has 0 amide bonds. The SMILES string of the molecule is CCC(C=O)(C=O)CCCc1ccc(Sc2cccc(OCc3ccccc3)c2)cc1Cl. The second kappa shape index (κ2) is 11.9. The number of halogens is 1. The Kier molecular flexibility index (Phi) is 8.95. The minimum atomic E-state index is -0.865. The van der Waals surface area contributed by atoms with Gasteiger partial charge in [0.1, 0.15) is 24.9 Å². The van der Waals surface area contributed by atoms with Crippen LogP contribution in [0.15, 0.2) is 82.6 Å². The van der Waals surface area contributed by atoms with Crippen molar-refractivity contribution in [1.82, 2.24) is 0 Å². The molecule has 5 heteroatoms. The van der Waals surface area contributed by atoms with Crippen molar-refractivity contribution in [2.24, 2.45) is 5.41 Å². The van der Waals surface area contributed by atoms with E-state index in [4.69, 9.17) is 16.3 Å². The fourth-order valence-electron chi connectivity index (χ4n) is 3.40. The zero-order valence-corrected chi connectivity index (χ0v) is 19.7. The molecule has 0 atom stereocenters. The largest absolute Gasteiger partial charge is 0.489 e. The van der Waals surface area contributed by atoms with Crippen LogP contribution in [0.3, 0.4) is 0 Å². The number of carbonyl (C=O) groups excluding carboxylic acids is 2. The van der Waals surface area contributed by atoms with E-state index in [0.29, 0.717) is 24.5 Å². The van der Waals surface area contributed by atoms with Crippen LogP contribution in [-0.4, -0.2) is 12.6 Å². The molecule has 0 bridgehead atoms. The second-order valence-corrected chi connectivity index (χ2v) is 9.33. The summed E-state index contributed by atoms with van der Waals surface area (Å²) in [5.41, 5.74) is 1.29. The van der Waals surface area contributed by atoms with E-state index < -0.39 is 5.41 Å². The van der Waals surface area contributed by atoms with E-state index in [1.165, 1.54) is 0 Å². The first-order chi connectivity index (χ1) is 15.6. The van der Waals surface area contributed by atoms with Crippen molar-refractivity contribution in [2.45, 2.75) is 49.0 Å². The fraction of sp³-hybridized carbons (Fsp3) is 0.259. The molecule has 0 saturated heterocycles. The van der Waals surface area contributed by atoms with Gasteiger partial charge in [0.25, 0.3) is 0 Å². The topological polar surface area (TPSA) is 43.4 Å². The molecular formula is C27H27ClO3S. The normalized spacial score (nSPS) is 11.2. The summed E-state index contributed by atoms with van der Waals surface area (Å²) < 4.78 is 5.92. The lowest BCUT2D eigenvalue weighted by atomic mass is 9.83. The molecular weight excluding hydrogens is 440 g/mol. The number of carbonyl (C=O) groups is 2. The Morgan fingerprint density at radius 2 is 1.69 bits per heavy atom. The lowest BCUT2D eigenvalue weighted by Crippen LogP contribution is -2.23. The van der Waals surface area contributed by atoms with Crippen LogP contribution in [0.25, 0.3) is 0 Å². The van der Waals surface area contributed by atoms with Gasteiger partial charge in [-0.25, -0.2) is 0 Å². The maximum atomic E-state index is 11.3. The maximum absolute atomic E-state index is 11.3. The minimum absolute atomic E-state index is 0.525. The van der Waals surface area contributed by atoms with Crippen LogP contribution < -0.4 is 4.74 Å². The van der Waals surface area contributed by atoms with Gasteiger partial charge in [0, 0.05) is 14.8 Å². The average molecular weight is 467 g/mol. The summed E-state index contributed by atoms with van der Waals surface area (Å²) in [6.45, 7) is 2.40. The molecule has 0 saturated carbocycles. The molecule has 0 spiro atoms. The van der Waals surface area contributed by atoms with Crippen molar-refractivity contribution in [1.29, 1.82) is 0 Å². The van der Waals surface area contributed by atoms with E-state index in [-0.39, 0.29) is 0 Å². The summed E-state index contributed by atoms with van der Waals surface area (Å²) in [7, 11) is 0. The van der Waals surface area contributed by atoms with E-state index in [2.05, 4.69) is 6.07 Å². The molecule has 32 heavy (non-hydrogen) atoms. The highest BCUT2D eigenvalue weighted by atomic mass is 35.5. The summed E-state index contributed by atoms with van der Waals surface area (Å²) in [5, 5.41) is 0.700. The van der Waals surface area contributed by atoms with E-state index in [1.54, 1.807) is 11.8 Å². The van der Waals surface area contributed by atoms with Gasteiger partial charge in [-0.2, -0.15) is 0 Å². The molecule has 0 radical (unpaired) electrons. The van der Waals surface area contributed by atoms with Crippen LogP contribution in [0.4, 0.5) is 0 Å². The number of aldehydes is 2. The minimum Gasteiger partial charge on any atom is -0.489 e. The Morgan fingerprint density at radius 1 is 0.938 bits per heavy atom. The highest BCUT2D eigenvalue weighted by Crippen LogP contribution is 2.33. The first-order valence-corrected chi connectivity index (χ1v) is 11.9. The van der Waals surface area contributed by atoms with Gasteiger partial charge in [-0.15, -0.1) is 0 Å². The van der Waals surface area contributed by atoms with Crippen LogP contribution in [0.5, 0.6) is 5.75 Å². The molecule has 3 nitrogen and oxygen atoms in total. The lowest BCUT2D eigenvalue weighted by Gasteiger charge is -2.19. The van der Waals surface area contributed by atoms with Gasteiger partial charge in [-0.3, -0.25) is 0 Å². The number of ether oxygens (including phenoxy) is 1. The van der Waals surface area contributed by atoms with Crippen molar-refractivity contribution in [3.63, 3.8) is 0 Å². The van der Waals surface area contributed by atoms with Crippen molar-refractivity contribution >= 4 is 35.9 Å². The van der Waals surface area contributed by atoms with Gasteiger partial charge in [-0.05, 0) is 67.1 Å². The third-order valence-corrected chi connectivity index (χ3v) is 6.86. The molecule has 0 N–H and O–H groups in total. The first-order valence-electron chi connectivity index (χ1n) is 10.7. The van der Waals surface area contributed by atoms with E-state index in [0.717, 1.165) is 52.1 Å². The molecule has 3 rings (SSSR count). The zero-order chi connectivity index (χ0) is 22.8. The predicted molar refractivity (Wildman–Crippen MR) is 131 cm³/mol. The number of benzene rings is 3. The van der Waals surface area contributed by atoms with E-state index in [1.807, 2.05) is 73.7 Å². The number of rotatable bonds is 12. The fourth-order valence-corrected chi connectivity index (χ4v) is 4.64. The Hall–Kier alpha value is -2.56. The third-order valence-electron chi connectivity index (χ3n) is 5.53. The molecule has 3 aromatic rings. The lowest BCUT2D eigenvalue weighted by molar-refractivity contribution is -0.126. The summed E-state index contributed by atoms with van der Waals surface area (Å²) >= 11 is 8.15. The Bertz CT molecular complexity index is 1030. The molecule has 0 aliphatic rings. The van der Waals surface area contributed by atoms with Crippen LogP contribution in [-0.2, 0) is 22.6 Å². The summed E-state index contributed by atoms with van der Waals surface area (Å²) in [5.74, 6) is 0.825. The highest BCUT2D eigenvalue weighted by Gasteiger charge is 2.26. The third kappa shape index (κ3) is 6.72. The van der Waals surface area contributed by atoms with Crippen LogP contribution in [0.2, 0.25) is 5.02 Å². The van der Waals surface area contributed by atoms with E-state index >= 15 is 0 Å². The maximum Gasteiger partial charge on any atom is 0.133 e. The monoisotopic (exact) mass is 466 g/mol. The van der Waals surface area contributed by atoms with Gasteiger partial charge >= 0.3 is 0 Å². The highest BCUT2D eigenvalue weighted by molar-refractivity contribution is 7.99. The van der Waals surface area contributed by atoms with Crippen molar-refractivity contribution in [3.8, 4) is 5.75 Å². The van der Waals surface area contributed by atoms with Crippen molar-refractivity contribution < 1.29 is 14.3 Å². The summed E-state index contributed by atoms with van der Waals surface area (Å²) in [4.78, 5) is 24.7. The van der Waals surface area contributed by atoms with Crippen molar-refractivity contribution in [3.05, 3.63) is 88.9 Å². The number of hydrogen-bond donors (Lipinski definition) is 0. The number of aryl methyl sites for hydroxylation is 1. The van der Waals surface area contributed by atoms with Gasteiger partial charge in [0.2, 0.25) is 0 Å². The molecule has 0 fully saturated rings. The Morgan fingerprint density at radius 3 is 2.38 bits per heavy atom. The second-order valence-electron chi connectivity index (χ2n) is 7.78. The van der Waals surface area contributed by atoms with Gasteiger partial charge < -0.3 is 14.3 Å². The summed E-state index contributed by atoms with van der Waals surface area (Å²) in [6.07, 6.45) is 4.09. The van der Waals surface area contributed by atoms with Crippen molar-refractivity contribution in [2.75, 3.05) is 0 Å². The average Bonchev–Trinajstić information content (AvgIpc) is 2.83. The number of hydrogen-bond acceptors (Lipinski definition) is 4. The van der Waals surface area contributed by atoms with Crippen LogP contribution in [0, 0.1) is 5.41 Å². The molecule has 0 aliphatic carbocycles. The van der Waals surface area contributed by atoms with Gasteiger partial charge in [0.15, 0.2) is 0 Å². The zero-order valence-electron chi connectivity index (χ0n) is 18.1. The standard InChI is InChI=1S/C27H27ClO3S/c1-2-27(19-29,20-30)15-7-10-22-13-14-25(17-26(22)28)32-24-12-6-11-23(16-24)31-18-21-8-4-3-5-9-21/h3-6,8-9,11-14,16-17,19-20H,2,7,10,15,18H2,1H3. The molecule has 0 aromatic heterocycles. The Balaban J connectivity index is 1.58. The Labute approximate surface area is 199 Å². The molecule has 0 heterocycles. The molecule has 0 aliphatic heterocycles.